The molecular weight excluding hydrogens is 492 g/mol. The van der Waals surface area contributed by atoms with Gasteiger partial charge in [-0.25, -0.2) is 8.42 Å². The number of benzene rings is 2. The molecule has 0 fully saturated rings. The van der Waals surface area contributed by atoms with Gasteiger partial charge >= 0.3 is 0 Å². The number of unbranched alkanes of at least 4 members (excludes halogenated alkanes) is 1. The third-order valence-electron chi connectivity index (χ3n) is 6.66. The van der Waals surface area contributed by atoms with Crippen molar-refractivity contribution in [1.29, 1.82) is 0 Å². The van der Waals surface area contributed by atoms with Gasteiger partial charge in [0, 0.05) is 43.6 Å². The maximum Gasteiger partial charge on any atom is 0.247 e. The van der Waals surface area contributed by atoms with E-state index in [-0.39, 0.29) is 36.9 Å². The summed E-state index contributed by atoms with van der Waals surface area (Å²) >= 11 is 0. The molecule has 0 aliphatic carbocycles. The van der Waals surface area contributed by atoms with E-state index < -0.39 is 16.1 Å². The number of nitrogens with zero attached hydrogens (tertiary/aromatic N) is 2. The standard InChI is InChI=1S/C28H36N2O6S/c1-5-6-7-8-22-10-12-28-26(13-22)36-27(20(2)15-30(21(3)18-31)37(28,32)33)17-29(4)16-23-9-11-24-25(14-23)35-19-34-24/h9-14,20-21,27,31H,5-6,15-19H2,1-4H3/t20-,21+,27+/m0/s1. The highest BCUT2D eigenvalue weighted by Gasteiger charge is 2.38. The van der Waals surface area contributed by atoms with Crippen LogP contribution in [0.15, 0.2) is 41.3 Å². The Bertz CT molecular complexity index is 1270. The molecule has 8 nitrogen and oxygen atoms in total. The first-order valence-electron chi connectivity index (χ1n) is 12.7. The van der Waals surface area contributed by atoms with E-state index >= 15 is 0 Å². The molecule has 9 heteroatoms. The Morgan fingerprint density at radius 3 is 2.70 bits per heavy atom. The Kier molecular flexibility index (Phi) is 8.65. The van der Waals surface area contributed by atoms with Crippen LogP contribution in [0.5, 0.6) is 17.2 Å². The molecule has 2 aromatic rings. The lowest BCUT2D eigenvalue weighted by molar-refractivity contribution is 0.0733. The van der Waals surface area contributed by atoms with Crippen LogP contribution in [-0.4, -0.2) is 68.4 Å². The first kappa shape index (κ1) is 27.3. The lowest BCUT2D eigenvalue weighted by Gasteiger charge is -2.37. The minimum atomic E-state index is -3.87. The summed E-state index contributed by atoms with van der Waals surface area (Å²) in [6, 6.07) is 10.4. The number of rotatable bonds is 7. The van der Waals surface area contributed by atoms with Crippen LogP contribution in [0.4, 0.5) is 0 Å². The van der Waals surface area contributed by atoms with Gasteiger partial charge in [0.25, 0.3) is 0 Å². The molecule has 0 saturated heterocycles. The van der Waals surface area contributed by atoms with Crippen molar-refractivity contribution < 1.29 is 27.7 Å². The minimum Gasteiger partial charge on any atom is -0.487 e. The Balaban J connectivity index is 1.63. The summed E-state index contributed by atoms with van der Waals surface area (Å²) < 4.78 is 46.0. The fourth-order valence-electron chi connectivity index (χ4n) is 4.53. The monoisotopic (exact) mass is 528 g/mol. The fourth-order valence-corrected chi connectivity index (χ4v) is 6.36. The van der Waals surface area contributed by atoms with Crippen molar-refractivity contribution in [3.05, 3.63) is 47.5 Å². The third kappa shape index (κ3) is 6.21. The highest BCUT2D eigenvalue weighted by Crippen LogP contribution is 2.35. The third-order valence-corrected chi connectivity index (χ3v) is 8.68. The predicted octanol–water partition coefficient (Wildman–Crippen LogP) is 3.47. The smallest absolute Gasteiger partial charge is 0.247 e. The summed E-state index contributed by atoms with van der Waals surface area (Å²) in [6.45, 7) is 7.21. The van der Waals surface area contributed by atoms with E-state index in [9.17, 15) is 13.5 Å². The van der Waals surface area contributed by atoms with Crippen LogP contribution >= 0.6 is 0 Å². The zero-order valence-corrected chi connectivity index (χ0v) is 22.8. The van der Waals surface area contributed by atoms with Crippen molar-refractivity contribution in [2.45, 2.75) is 57.2 Å². The van der Waals surface area contributed by atoms with Gasteiger partial charge in [-0.2, -0.15) is 4.31 Å². The van der Waals surface area contributed by atoms with Gasteiger partial charge in [-0.3, -0.25) is 4.90 Å². The van der Waals surface area contributed by atoms with E-state index in [1.54, 1.807) is 25.1 Å². The number of likely N-dealkylation sites (N-methyl/N-ethyl adjacent to an activating group) is 1. The van der Waals surface area contributed by atoms with Crippen molar-refractivity contribution in [3.63, 3.8) is 0 Å². The van der Waals surface area contributed by atoms with Crippen LogP contribution in [-0.2, 0) is 16.6 Å². The Hall–Kier alpha value is -2.77. The van der Waals surface area contributed by atoms with Crippen molar-refractivity contribution in [3.8, 4) is 29.1 Å². The molecule has 0 unspecified atom stereocenters. The summed E-state index contributed by atoms with van der Waals surface area (Å²) in [6.07, 6.45) is 1.43. The largest absolute Gasteiger partial charge is 0.487 e. The zero-order chi connectivity index (χ0) is 26.6. The molecule has 37 heavy (non-hydrogen) atoms. The van der Waals surface area contributed by atoms with Gasteiger partial charge < -0.3 is 19.3 Å². The highest BCUT2D eigenvalue weighted by molar-refractivity contribution is 7.89. The number of ether oxygens (including phenoxy) is 3. The number of hydrogen-bond donors (Lipinski definition) is 1. The van der Waals surface area contributed by atoms with Crippen molar-refractivity contribution >= 4 is 10.0 Å². The molecule has 0 saturated carbocycles. The number of sulfonamides is 1. The molecule has 4 rings (SSSR count). The normalized spacial score (nSPS) is 21.2. The van der Waals surface area contributed by atoms with Gasteiger partial charge in [0.15, 0.2) is 11.5 Å². The minimum absolute atomic E-state index is 0.101. The zero-order valence-electron chi connectivity index (χ0n) is 21.9. The van der Waals surface area contributed by atoms with Crippen LogP contribution in [0.2, 0.25) is 0 Å². The van der Waals surface area contributed by atoms with Crippen molar-refractivity contribution in [2.75, 3.05) is 33.5 Å². The molecule has 0 bridgehead atoms. The van der Waals surface area contributed by atoms with Gasteiger partial charge in [0.2, 0.25) is 16.8 Å². The van der Waals surface area contributed by atoms with E-state index in [4.69, 9.17) is 14.2 Å². The maximum absolute atomic E-state index is 13.6. The quantitative estimate of drug-likeness (QED) is 0.551. The maximum atomic E-state index is 13.6. The molecule has 200 valence electrons. The topological polar surface area (TPSA) is 88.5 Å². The van der Waals surface area contributed by atoms with Gasteiger partial charge in [0.1, 0.15) is 16.7 Å². The summed E-state index contributed by atoms with van der Waals surface area (Å²) in [5, 5.41) is 9.84. The SMILES string of the molecule is CCCC#Cc1ccc2c(c1)O[C@H](CN(C)Cc1ccc3c(c1)OCO3)[C@@H](C)CN([C@H](C)CO)S2(=O)=O. The van der Waals surface area contributed by atoms with Gasteiger partial charge in [-0.15, -0.1) is 0 Å². The van der Waals surface area contributed by atoms with Crippen LogP contribution in [0.1, 0.15) is 44.7 Å². The van der Waals surface area contributed by atoms with E-state index in [0.29, 0.717) is 24.4 Å². The van der Waals surface area contributed by atoms with Crippen LogP contribution in [0.3, 0.4) is 0 Å². The predicted molar refractivity (Wildman–Crippen MR) is 141 cm³/mol. The molecule has 0 spiro atoms. The van der Waals surface area contributed by atoms with Gasteiger partial charge in [-0.1, -0.05) is 31.8 Å². The van der Waals surface area contributed by atoms with Gasteiger partial charge in [0.05, 0.1) is 6.61 Å². The summed E-state index contributed by atoms with van der Waals surface area (Å²) in [5.74, 6) is 7.88. The summed E-state index contributed by atoms with van der Waals surface area (Å²) in [5.41, 5.74) is 1.79. The molecule has 0 amide bonds. The second-order valence-corrected chi connectivity index (χ2v) is 11.7. The van der Waals surface area contributed by atoms with E-state index in [1.165, 1.54) is 4.31 Å². The number of hydrogen-bond acceptors (Lipinski definition) is 7. The molecule has 2 aliphatic rings. The van der Waals surface area contributed by atoms with Crippen LogP contribution in [0.25, 0.3) is 0 Å². The number of aliphatic hydroxyl groups excluding tert-OH is 1. The molecule has 0 aromatic heterocycles. The first-order valence-corrected chi connectivity index (χ1v) is 14.2. The molecule has 2 aliphatic heterocycles. The first-order chi connectivity index (χ1) is 17.7. The lowest BCUT2D eigenvalue weighted by Crippen LogP contribution is -2.49. The molecule has 0 radical (unpaired) electrons. The van der Waals surface area contributed by atoms with Crippen LogP contribution in [0, 0.1) is 17.8 Å². The number of aliphatic hydroxyl groups is 1. The molecule has 3 atom stereocenters. The van der Waals surface area contributed by atoms with E-state index in [0.717, 1.165) is 29.9 Å². The molecular formula is C28H36N2O6S. The average Bonchev–Trinajstić information content (AvgIpc) is 3.34. The Morgan fingerprint density at radius 2 is 1.95 bits per heavy atom. The average molecular weight is 529 g/mol. The van der Waals surface area contributed by atoms with Crippen molar-refractivity contribution in [2.24, 2.45) is 5.92 Å². The highest BCUT2D eigenvalue weighted by atomic mass is 32.2. The number of fused-ring (bicyclic) bond motifs is 2. The molecule has 2 aromatic carbocycles. The summed E-state index contributed by atoms with van der Waals surface area (Å²) in [7, 11) is -1.86. The lowest BCUT2D eigenvalue weighted by atomic mass is 10.0. The van der Waals surface area contributed by atoms with E-state index in [1.807, 2.05) is 32.2 Å². The second kappa shape index (κ2) is 11.7. The molecule has 1 N–H and O–H groups in total. The van der Waals surface area contributed by atoms with Gasteiger partial charge in [-0.05, 0) is 56.3 Å². The molecule has 2 heterocycles. The second-order valence-electron chi connectivity index (χ2n) is 9.84. The fraction of sp³-hybridized carbons (Fsp3) is 0.500. The Labute approximate surface area is 220 Å². The van der Waals surface area contributed by atoms with Crippen LogP contribution < -0.4 is 14.2 Å². The summed E-state index contributed by atoms with van der Waals surface area (Å²) in [4.78, 5) is 2.25. The van der Waals surface area contributed by atoms with E-state index in [2.05, 4.69) is 23.7 Å². The van der Waals surface area contributed by atoms with Crippen molar-refractivity contribution in [1.82, 2.24) is 9.21 Å². The Morgan fingerprint density at radius 1 is 1.16 bits per heavy atom.